The molecule has 84 valence electrons. The lowest BCUT2D eigenvalue weighted by atomic mass is 10.0. The van der Waals surface area contributed by atoms with E-state index >= 15 is 0 Å². The zero-order valence-corrected chi connectivity index (χ0v) is 9.85. The molecule has 2 saturated heterocycles. The van der Waals surface area contributed by atoms with Crippen molar-refractivity contribution >= 4 is 12.4 Å². The molecule has 1 N–H and O–H groups in total. The van der Waals surface area contributed by atoms with Crippen molar-refractivity contribution in [2.75, 3.05) is 46.3 Å². The first kappa shape index (κ1) is 12.2. The van der Waals surface area contributed by atoms with E-state index in [-0.39, 0.29) is 12.4 Å². The van der Waals surface area contributed by atoms with Crippen LogP contribution in [-0.4, -0.2) is 62.2 Å². The highest BCUT2D eigenvalue weighted by atomic mass is 35.5. The second kappa shape index (κ2) is 5.91. The zero-order chi connectivity index (χ0) is 9.10. The van der Waals surface area contributed by atoms with Gasteiger partial charge in [0.1, 0.15) is 0 Å². The number of hydrogen-bond acceptors (Lipinski definition) is 3. The van der Waals surface area contributed by atoms with E-state index in [1.54, 1.807) is 0 Å². The summed E-state index contributed by atoms with van der Waals surface area (Å²) in [7, 11) is 2.23. The van der Waals surface area contributed by atoms with E-state index in [1.807, 2.05) is 0 Å². The van der Waals surface area contributed by atoms with Gasteiger partial charge in [-0.25, -0.2) is 0 Å². The van der Waals surface area contributed by atoms with Crippen molar-refractivity contribution in [3.63, 3.8) is 0 Å². The number of hydrogen-bond donors (Lipinski definition) is 1. The van der Waals surface area contributed by atoms with Gasteiger partial charge in [0.15, 0.2) is 0 Å². The van der Waals surface area contributed by atoms with Crippen LogP contribution >= 0.6 is 12.4 Å². The number of likely N-dealkylation sites (tertiary alicyclic amines) is 1. The van der Waals surface area contributed by atoms with Crippen molar-refractivity contribution in [1.29, 1.82) is 0 Å². The molecule has 2 rings (SSSR count). The van der Waals surface area contributed by atoms with Crippen molar-refractivity contribution in [3.05, 3.63) is 0 Å². The van der Waals surface area contributed by atoms with Crippen LogP contribution in [0.3, 0.4) is 0 Å². The van der Waals surface area contributed by atoms with E-state index in [2.05, 4.69) is 22.2 Å². The Kier molecular flexibility index (Phi) is 5.17. The highest BCUT2D eigenvalue weighted by molar-refractivity contribution is 5.85. The monoisotopic (exact) mass is 219 g/mol. The smallest absolute Gasteiger partial charge is 0.0121 e. The average molecular weight is 220 g/mol. The SMILES string of the molecule is CN1CCC(N2CCNCC2)CC1.Cl. The van der Waals surface area contributed by atoms with Crippen molar-refractivity contribution in [1.82, 2.24) is 15.1 Å². The molecule has 0 spiro atoms. The summed E-state index contributed by atoms with van der Waals surface area (Å²) in [5.41, 5.74) is 0. The van der Waals surface area contributed by atoms with Crippen molar-refractivity contribution in [3.8, 4) is 0 Å². The summed E-state index contributed by atoms with van der Waals surface area (Å²) in [5, 5.41) is 3.41. The first-order valence-corrected chi connectivity index (χ1v) is 5.49. The second-order valence-corrected chi connectivity index (χ2v) is 4.32. The molecule has 0 radical (unpaired) electrons. The van der Waals surface area contributed by atoms with Crippen LogP contribution in [0.15, 0.2) is 0 Å². The Hall–Kier alpha value is 0.170. The molecule has 0 atom stereocenters. The van der Waals surface area contributed by atoms with Crippen LogP contribution < -0.4 is 5.32 Å². The Balaban J connectivity index is 0.000000980. The summed E-state index contributed by atoms with van der Waals surface area (Å²) in [4.78, 5) is 5.11. The minimum atomic E-state index is 0. The number of piperidine rings is 1. The lowest BCUT2D eigenvalue weighted by Gasteiger charge is -2.39. The first-order chi connectivity index (χ1) is 6.36. The van der Waals surface area contributed by atoms with Gasteiger partial charge in [-0.15, -0.1) is 12.4 Å². The summed E-state index contributed by atoms with van der Waals surface area (Å²) in [6, 6.07) is 0.873. The number of halogens is 1. The van der Waals surface area contributed by atoms with Crippen LogP contribution in [0.2, 0.25) is 0 Å². The number of nitrogens with zero attached hydrogens (tertiary/aromatic N) is 2. The van der Waals surface area contributed by atoms with Crippen LogP contribution in [-0.2, 0) is 0 Å². The zero-order valence-electron chi connectivity index (χ0n) is 9.04. The minimum absolute atomic E-state index is 0. The molecule has 0 aliphatic carbocycles. The number of piperazine rings is 1. The quantitative estimate of drug-likeness (QED) is 0.689. The van der Waals surface area contributed by atoms with Gasteiger partial charge in [0.2, 0.25) is 0 Å². The fourth-order valence-corrected chi connectivity index (χ4v) is 2.41. The maximum atomic E-state index is 3.41. The number of nitrogens with one attached hydrogen (secondary N) is 1. The Morgan fingerprint density at radius 3 is 2.14 bits per heavy atom. The van der Waals surface area contributed by atoms with E-state index < -0.39 is 0 Å². The fourth-order valence-electron chi connectivity index (χ4n) is 2.41. The Morgan fingerprint density at radius 2 is 1.57 bits per heavy atom. The Morgan fingerprint density at radius 1 is 1.00 bits per heavy atom. The van der Waals surface area contributed by atoms with Crippen LogP contribution in [0.1, 0.15) is 12.8 Å². The minimum Gasteiger partial charge on any atom is -0.314 e. The second-order valence-electron chi connectivity index (χ2n) is 4.32. The predicted molar refractivity (Wildman–Crippen MR) is 62.2 cm³/mol. The topological polar surface area (TPSA) is 18.5 Å². The molecule has 14 heavy (non-hydrogen) atoms. The molecule has 0 aromatic rings. The summed E-state index contributed by atoms with van der Waals surface area (Å²) in [6.45, 7) is 7.46. The average Bonchev–Trinajstić information content (AvgIpc) is 2.20. The van der Waals surface area contributed by atoms with E-state index in [1.165, 1.54) is 52.1 Å². The molecule has 2 fully saturated rings. The van der Waals surface area contributed by atoms with Gasteiger partial charge in [0, 0.05) is 32.2 Å². The van der Waals surface area contributed by atoms with Crippen molar-refractivity contribution in [2.45, 2.75) is 18.9 Å². The Bertz CT molecular complexity index is 151. The van der Waals surface area contributed by atoms with Gasteiger partial charge < -0.3 is 10.2 Å². The van der Waals surface area contributed by atoms with Gasteiger partial charge in [0.05, 0.1) is 0 Å². The van der Waals surface area contributed by atoms with E-state index in [9.17, 15) is 0 Å². The molecule has 0 unspecified atom stereocenters. The van der Waals surface area contributed by atoms with Gasteiger partial charge in [-0.1, -0.05) is 0 Å². The molecular formula is C10H22ClN3. The molecular weight excluding hydrogens is 198 g/mol. The molecule has 0 bridgehead atoms. The van der Waals surface area contributed by atoms with Gasteiger partial charge in [0.25, 0.3) is 0 Å². The molecule has 3 nitrogen and oxygen atoms in total. The van der Waals surface area contributed by atoms with E-state index in [4.69, 9.17) is 0 Å². The molecule has 4 heteroatoms. The molecule has 0 amide bonds. The Labute approximate surface area is 93.2 Å². The molecule has 2 heterocycles. The molecule has 0 aromatic heterocycles. The van der Waals surface area contributed by atoms with Crippen LogP contribution in [0.4, 0.5) is 0 Å². The van der Waals surface area contributed by atoms with Crippen molar-refractivity contribution < 1.29 is 0 Å². The van der Waals surface area contributed by atoms with E-state index in [0.29, 0.717) is 0 Å². The highest BCUT2D eigenvalue weighted by Crippen LogP contribution is 2.15. The predicted octanol–water partition coefficient (Wildman–Crippen LogP) is 0.408. The van der Waals surface area contributed by atoms with Gasteiger partial charge in [-0.2, -0.15) is 0 Å². The molecule has 2 aliphatic heterocycles. The van der Waals surface area contributed by atoms with Gasteiger partial charge in [-0.05, 0) is 33.0 Å². The summed E-state index contributed by atoms with van der Waals surface area (Å²) >= 11 is 0. The van der Waals surface area contributed by atoms with Crippen LogP contribution in [0.25, 0.3) is 0 Å². The fraction of sp³-hybridized carbons (Fsp3) is 1.00. The molecule has 0 saturated carbocycles. The van der Waals surface area contributed by atoms with Gasteiger partial charge in [-0.3, -0.25) is 4.90 Å². The molecule has 0 aromatic carbocycles. The standard InChI is InChI=1S/C10H21N3.ClH/c1-12-6-2-10(3-7-12)13-8-4-11-5-9-13;/h10-11H,2-9H2,1H3;1H. The summed E-state index contributed by atoms with van der Waals surface area (Å²) < 4.78 is 0. The van der Waals surface area contributed by atoms with Gasteiger partial charge >= 0.3 is 0 Å². The normalized spacial score (nSPS) is 27.2. The highest BCUT2D eigenvalue weighted by Gasteiger charge is 2.23. The summed E-state index contributed by atoms with van der Waals surface area (Å²) in [5.74, 6) is 0. The van der Waals surface area contributed by atoms with E-state index in [0.717, 1.165) is 6.04 Å². The molecule has 2 aliphatic rings. The first-order valence-electron chi connectivity index (χ1n) is 5.49. The third-order valence-corrected chi connectivity index (χ3v) is 3.36. The van der Waals surface area contributed by atoms with Crippen LogP contribution in [0.5, 0.6) is 0 Å². The lowest BCUT2D eigenvalue weighted by molar-refractivity contribution is 0.109. The van der Waals surface area contributed by atoms with Crippen LogP contribution in [0, 0.1) is 0 Å². The lowest BCUT2D eigenvalue weighted by Crippen LogP contribution is -2.51. The largest absolute Gasteiger partial charge is 0.314 e. The third kappa shape index (κ3) is 3.09. The maximum absolute atomic E-state index is 3.41. The van der Waals surface area contributed by atoms with Crippen molar-refractivity contribution in [2.24, 2.45) is 0 Å². The maximum Gasteiger partial charge on any atom is 0.0121 e. The summed E-state index contributed by atoms with van der Waals surface area (Å²) in [6.07, 6.45) is 2.74. The number of rotatable bonds is 1. The third-order valence-electron chi connectivity index (χ3n) is 3.36.